The Balaban J connectivity index is 2.86. The molecule has 0 aliphatic carbocycles. The Bertz CT molecular complexity index is 474. The number of amides is 1. The van der Waals surface area contributed by atoms with Crippen LogP contribution in [0.5, 0.6) is 0 Å². The number of carboxylic acids is 1. The van der Waals surface area contributed by atoms with Crippen molar-refractivity contribution < 1.29 is 14.7 Å². The molecule has 0 fully saturated rings. The number of carboxylic acid groups (broad SMARTS) is 1. The number of aromatic carboxylic acids is 1. The highest BCUT2D eigenvalue weighted by molar-refractivity contribution is 6.34. The summed E-state index contributed by atoms with van der Waals surface area (Å²) in [5.41, 5.74) is 6.10. The van der Waals surface area contributed by atoms with Crippen LogP contribution in [0, 0.1) is 5.92 Å². The third-order valence-corrected chi connectivity index (χ3v) is 2.81. The molecular formula is C12H15ClN2O3. The topological polar surface area (TPSA) is 92.4 Å². The summed E-state index contributed by atoms with van der Waals surface area (Å²) in [6, 6.07) is 3.45. The van der Waals surface area contributed by atoms with Crippen LogP contribution in [0.15, 0.2) is 18.2 Å². The number of carbonyl (C=O) groups is 2. The molecule has 18 heavy (non-hydrogen) atoms. The minimum atomic E-state index is -1.08. The molecule has 0 aromatic heterocycles. The van der Waals surface area contributed by atoms with Crippen molar-refractivity contribution in [1.82, 2.24) is 0 Å². The van der Waals surface area contributed by atoms with Crippen LogP contribution in [-0.4, -0.2) is 23.0 Å². The van der Waals surface area contributed by atoms with Crippen molar-refractivity contribution in [2.24, 2.45) is 11.7 Å². The maximum atomic E-state index is 11.7. The molecule has 1 amide bonds. The number of halogens is 1. The van der Waals surface area contributed by atoms with E-state index in [0.717, 1.165) is 0 Å². The van der Waals surface area contributed by atoms with E-state index in [1.54, 1.807) is 0 Å². The first-order valence-corrected chi connectivity index (χ1v) is 5.80. The summed E-state index contributed by atoms with van der Waals surface area (Å²) in [5, 5.41) is 11.5. The molecule has 0 spiro atoms. The molecule has 4 N–H and O–H groups in total. The van der Waals surface area contributed by atoms with Gasteiger partial charge in [-0.25, -0.2) is 4.79 Å². The Labute approximate surface area is 110 Å². The van der Waals surface area contributed by atoms with Crippen LogP contribution in [0.3, 0.4) is 0 Å². The molecule has 0 saturated heterocycles. The molecule has 1 rings (SSSR count). The van der Waals surface area contributed by atoms with Crippen molar-refractivity contribution in [3.8, 4) is 0 Å². The Morgan fingerprint density at radius 3 is 2.44 bits per heavy atom. The lowest BCUT2D eigenvalue weighted by atomic mass is 10.0. The smallest absolute Gasteiger partial charge is 0.335 e. The van der Waals surface area contributed by atoms with Gasteiger partial charge in [-0.2, -0.15) is 0 Å². The number of anilines is 1. The number of benzene rings is 1. The third-order valence-electron chi connectivity index (χ3n) is 2.49. The summed E-state index contributed by atoms with van der Waals surface area (Å²) in [7, 11) is 0. The molecule has 1 aromatic carbocycles. The van der Waals surface area contributed by atoms with E-state index >= 15 is 0 Å². The first-order chi connectivity index (χ1) is 8.32. The summed E-state index contributed by atoms with van der Waals surface area (Å²) in [5.74, 6) is -1.43. The van der Waals surface area contributed by atoms with Crippen LogP contribution in [0.4, 0.5) is 5.69 Å². The molecule has 0 heterocycles. The first kappa shape index (κ1) is 14.5. The van der Waals surface area contributed by atoms with Crippen molar-refractivity contribution in [3.05, 3.63) is 28.8 Å². The number of nitrogens with two attached hydrogens (primary N) is 1. The Kier molecular flexibility index (Phi) is 4.69. The normalized spacial score (nSPS) is 12.3. The maximum Gasteiger partial charge on any atom is 0.335 e. The molecule has 0 aliphatic rings. The van der Waals surface area contributed by atoms with Gasteiger partial charge >= 0.3 is 5.97 Å². The van der Waals surface area contributed by atoms with Crippen LogP contribution in [0.25, 0.3) is 0 Å². The largest absolute Gasteiger partial charge is 0.478 e. The predicted octanol–water partition coefficient (Wildman–Crippen LogP) is 1.96. The Hall–Kier alpha value is -1.59. The molecule has 0 radical (unpaired) electrons. The maximum absolute atomic E-state index is 11.7. The SMILES string of the molecule is CC(C)[C@H](N)C(=O)Nc1ccc(C(=O)O)cc1Cl. The molecule has 0 aliphatic heterocycles. The lowest BCUT2D eigenvalue weighted by Crippen LogP contribution is -2.39. The van der Waals surface area contributed by atoms with E-state index < -0.39 is 12.0 Å². The second kappa shape index (κ2) is 5.84. The molecule has 1 atom stereocenters. The van der Waals surface area contributed by atoms with Gasteiger partial charge in [0.05, 0.1) is 22.3 Å². The molecule has 5 nitrogen and oxygen atoms in total. The van der Waals surface area contributed by atoms with Gasteiger partial charge in [-0.3, -0.25) is 4.79 Å². The first-order valence-electron chi connectivity index (χ1n) is 5.42. The zero-order valence-corrected chi connectivity index (χ0v) is 10.9. The van der Waals surface area contributed by atoms with E-state index in [0.29, 0.717) is 5.69 Å². The van der Waals surface area contributed by atoms with Crippen molar-refractivity contribution in [2.45, 2.75) is 19.9 Å². The number of carbonyl (C=O) groups excluding carboxylic acids is 1. The van der Waals surface area contributed by atoms with E-state index in [4.69, 9.17) is 22.4 Å². The highest BCUT2D eigenvalue weighted by atomic mass is 35.5. The van der Waals surface area contributed by atoms with Gasteiger partial charge in [-0.05, 0) is 24.1 Å². The van der Waals surface area contributed by atoms with E-state index in [9.17, 15) is 9.59 Å². The monoisotopic (exact) mass is 270 g/mol. The zero-order valence-electron chi connectivity index (χ0n) is 10.1. The highest BCUT2D eigenvalue weighted by Gasteiger charge is 2.18. The minimum Gasteiger partial charge on any atom is -0.478 e. The predicted molar refractivity (Wildman–Crippen MR) is 69.9 cm³/mol. The van der Waals surface area contributed by atoms with Crippen LogP contribution in [0.2, 0.25) is 5.02 Å². The molecule has 98 valence electrons. The Morgan fingerprint density at radius 1 is 1.39 bits per heavy atom. The molecule has 0 bridgehead atoms. The van der Waals surface area contributed by atoms with E-state index in [1.807, 2.05) is 13.8 Å². The zero-order chi connectivity index (χ0) is 13.9. The number of hydrogen-bond donors (Lipinski definition) is 3. The van der Waals surface area contributed by atoms with Gasteiger partial charge in [-0.15, -0.1) is 0 Å². The summed E-state index contributed by atoms with van der Waals surface area (Å²) < 4.78 is 0. The second-order valence-electron chi connectivity index (χ2n) is 4.26. The van der Waals surface area contributed by atoms with Gasteiger partial charge < -0.3 is 16.2 Å². The van der Waals surface area contributed by atoms with E-state index in [-0.39, 0.29) is 22.4 Å². The van der Waals surface area contributed by atoms with Gasteiger partial charge in [0, 0.05) is 0 Å². The fourth-order valence-corrected chi connectivity index (χ4v) is 1.50. The van der Waals surface area contributed by atoms with E-state index in [2.05, 4.69) is 5.32 Å². The Morgan fingerprint density at radius 2 is 2.00 bits per heavy atom. The van der Waals surface area contributed by atoms with E-state index in [1.165, 1.54) is 18.2 Å². The lowest BCUT2D eigenvalue weighted by molar-refractivity contribution is -0.118. The van der Waals surface area contributed by atoms with Crippen LogP contribution < -0.4 is 11.1 Å². The fourth-order valence-electron chi connectivity index (χ4n) is 1.27. The van der Waals surface area contributed by atoms with Crippen LogP contribution in [-0.2, 0) is 4.79 Å². The van der Waals surface area contributed by atoms with Crippen molar-refractivity contribution >= 4 is 29.2 Å². The van der Waals surface area contributed by atoms with Crippen molar-refractivity contribution in [2.75, 3.05) is 5.32 Å². The van der Waals surface area contributed by atoms with Gasteiger partial charge in [0.15, 0.2) is 0 Å². The fraction of sp³-hybridized carbons (Fsp3) is 0.333. The molecule has 0 saturated carbocycles. The highest BCUT2D eigenvalue weighted by Crippen LogP contribution is 2.23. The number of nitrogens with one attached hydrogen (secondary N) is 1. The summed E-state index contributed by atoms with van der Waals surface area (Å²) >= 11 is 5.88. The second-order valence-corrected chi connectivity index (χ2v) is 4.67. The van der Waals surface area contributed by atoms with Crippen LogP contribution >= 0.6 is 11.6 Å². The van der Waals surface area contributed by atoms with Gasteiger partial charge in [0.1, 0.15) is 0 Å². The van der Waals surface area contributed by atoms with Gasteiger partial charge in [0.2, 0.25) is 5.91 Å². The summed E-state index contributed by atoms with van der Waals surface area (Å²) in [6.45, 7) is 3.67. The standard InChI is InChI=1S/C12H15ClN2O3/c1-6(2)10(14)11(16)15-9-4-3-7(12(17)18)5-8(9)13/h3-6,10H,14H2,1-2H3,(H,15,16)(H,17,18)/t10-/m0/s1. The summed E-state index contributed by atoms with van der Waals surface area (Å²) in [6.07, 6.45) is 0. The third kappa shape index (κ3) is 3.45. The van der Waals surface area contributed by atoms with Gasteiger partial charge in [-0.1, -0.05) is 25.4 Å². The molecule has 1 aromatic rings. The molecule has 0 unspecified atom stereocenters. The van der Waals surface area contributed by atoms with Crippen molar-refractivity contribution in [3.63, 3.8) is 0 Å². The number of rotatable bonds is 4. The lowest BCUT2D eigenvalue weighted by Gasteiger charge is -2.16. The average Bonchev–Trinajstić information content (AvgIpc) is 2.30. The minimum absolute atomic E-state index is 0.00192. The molecule has 6 heteroatoms. The van der Waals surface area contributed by atoms with Gasteiger partial charge in [0.25, 0.3) is 0 Å². The molecular weight excluding hydrogens is 256 g/mol. The number of hydrogen-bond acceptors (Lipinski definition) is 3. The van der Waals surface area contributed by atoms with Crippen LogP contribution in [0.1, 0.15) is 24.2 Å². The van der Waals surface area contributed by atoms with Crippen molar-refractivity contribution in [1.29, 1.82) is 0 Å². The quantitative estimate of drug-likeness (QED) is 0.780. The summed E-state index contributed by atoms with van der Waals surface area (Å²) in [4.78, 5) is 22.4. The average molecular weight is 271 g/mol.